The zero-order chi connectivity index (χ0) is 12.3. The topological polar surface area (TPSA) is 58.2 Å². The van der Waals surface area contributed by atoms with E-state index in [0.717, 1.165) is 18.5 Å². The number of amides is 1. The highest BCUT2D eigenvalue weighted by Gasteiger charge is 2.27. The van der Waals surface area contributed by atoms with Gasteiger partial charge in [-0.15, -0.1) is 0 Å². The number of benzene rings is 1. The largest absolute Gasteiger partial charge is 0.319 e. The van der Waals surface area contributed by atoms with Crippen LogP contribution in [-0.2, 0) is 4.79 Å². The number of ketones is 1. The van der Waals surface area contributed by atoms with Crippen LogP contribution in [0.3, 0.4) is 0 Å². The number of Topliss-reactive ketones (excluding diaryl/α,β-unsaturated/α-hetero) is 1. The maximum atomic E-state index is 11.4. The number of rotatable bonds is 4. The zero-order valence-corrected chi connectivity index (χ0v) is 9.62. The molecule has 0 spiro atoms. The van der Waals surface area contributed by atoms with Gasteiger partial charge in [0.2, 0.25) is 0 Å². The molecule has 0 aromatic heterocycles. The van der Waals surface area contributed by atoms with Crippen molar-refractivity contribution < 1.29 is 9.59 Å². The second kappa shape index (κ2) is 4.93. The van der Waals surface area contributed by atoms with Gasteiger partial charge in [-0.2, -0.15) is 0 Å². The molecule has 0 radical (unpaired) electrons. The van der Waals surface area contributed by atoms with E-state index >= 15 is 0 Å². The predicted octanol–water partition coefficient (Wildman–Crippen LogP) is 1.44. The second-order valence-electron chi connectivity index (χ2n) is 3.88. The fourth-order valence-corrected chi connectivity index (χ4v) is 1.72. The van der Waals surface area contributed by atoms with E-state index in [-0.39, 0.29) is 0 Å². The van der Waals surface area contributed by atoms with Crippen molar-refractivity contribution in [2.75, 3.05) is 18.9 Å². The van der Waals surface area contributed by atoms with Crippen molar-refractivity contribution >= 4 is 23.5 Å². The first-order chi connectivity index (χ1) is 8.22. The maximum Gasteiger partial charge on any atom is 0.296 e. The molecule has 0 aliphatic carbocycles. The molecule has 2 rings (SSSR count). The molecule has 0 atom stereocenters. The van der Waals surface area contributed by atoms with Gasteiger partial charge in [0.25, 0.3) is 11.7 Å². The Morgan fingerprint density at radius 1 is 1.35 bits per heavy atom. The van der Waals surface area contributed by atoms with Gasteiger partial charge in [0, 0.05) is 0 Å². The van der Waals surface area contributed by atoms with Gasteiger partial charge in [-0.3, -0.25) is 9.59 Å². The molecule has 1 amide bonds. The summed E-state index contributed by atoms with van der Waals surface area (Å²) in [6.07, 6.45) is 4.97. The van der Waals surface area contributed by atoms with Crippen molar-refractivity contribution in [2.24, 2.45) is 0 Å². The quantitative estimate of drug-likeness (QED) is 0.608. The van der Waals surface area contributed by atoms with Crippen LogP contribution in [0.5, 0.6) is 0 Å². The summed E-state index contributed by atoms with van der Waals surface area (Å²) in [5, 5.41) is 5.61. The second-order valence-corrected chi connectivity index (χ2v) is 3.88. The third-order valence-electron chi connectivity index (χ3n) is 2.61. The predicted molar refractivity (Wildman–Crippen MR) is 67.0 cm³/mol. The molecule has 1 aromatic rings. The molecule has 17 heavy (non-hydrogen) atoms. The Bertz CT molecular complexity index is 492. The molecule has 0 saturated heterocycles. The smallest absolute Gasteiger partial charge is 0.296 e. The van der Waals surface area contributed by atoms with Gasteiger partial charge in [0.1, 0.15) is 0 Å². The summed E-state index contributed by atoms with van der Waals surface area (Å²) in [5.74, 6) is -0.998. The lowest BCUT2D eigenvalue weighted by molar-refractivity contribution is -0.112. The van der Waals surface area contributed by atoms with Gasteiger partial charge in [-0.1, -0.05) is 18.2 Å². The summed E-state index contributed by atoms with van der Waals surface area (Å²) in [6.45, 7) is 0.927. The Hall–Kier alpha value is -1.94. The fraction of sp³-hybridized carbons (Fsp3) is 0.231. The molecule has 0 bridgehead atoms. The van der Waals surface area contributed by atoms with Crippen LogP contribution >= 0.6 is 0 Å². The molecule has 1 heterocycles. The van der Waals surface area contributed by atoms with E-state index in [0.29, 0.717) is 11.3 Å². The summed E-state index contributed by atoms with van der Waals surface area (Å²) >= 11 is 0. The van der Waals surface area contributed by atoms with Crippen molar-refractivity contribution in [3.63, 3.8) is 0 Å². The molecule has 1 aliphatic heterocycles. The average molecular weight is 230 g/mol. The van der Waals surface area contributed by atoms with E-state index in [4.69, 9.17) is 0 Å². The minimum atomic E-state index is -0.545. The summed E-state index contributed by atoms with van der Waals surface area (Å²) in [7, 11) is 1.91. The van der Waals surface area contributed by atoms with Gasteiger partial charge in [0.15, 0.2) is 0 Å². The Morgan fingerprint density at radius 2 is 2.18 bits per heavy atom. The summed E-state index contributed by atoms with van der Waals surface area (Å²) in [5.41, 5.74) is 2.05. The van der Waals surface area contributed by atoms with Crippen LogP contribution in [0.4, 0.5) is 5.69 Å². The molecule has 0 fully saturated rings. The molecule has 0 unspecified atom stereocenters. The molecule has 4 nitrogen and oxygen atoms in total. The number of nitrogens with one attached hydrogen (secondary N) is 2. The van der Waals surface area contributed by atoms with Crippen LogP contribution in [0, 0.1) is 0 Å². The van der Waals surface area contributed by atoms with Crippen molar-refractivity contribution in [3.8, 4) is 0 Å². The molecular formula is C13H14N2O2. The zero-order valence-electron chi connectivity index (χ0n) is 9.62. The summed E-state index contributed by atoms with van der Waals surface area (Å²) in [6, 6.07) is 5.34. The third kappa shape index (κ3) is 2.42. The highest BCUT2D eigenvalue weighted by atomic mass is 16.2. The lowest BCUT2D eigenvalue weighted by Gasteiger charge is -1.99. The van der Waals surface area contributed by atoms with E-state index in [1.54, 1.807) is 6.07 Å². The van der Waals surface area contributed by atoms with Gasteiger partial charge in [0.05, 0.1) is 11.3 Å². The highest BCUT2D eigenvalue weighted by Crippen LogP contribution is 2.24. The molecule has 2 N–H and O–H groups in total. The number of hydrogen-bond acceptors (Lipinski definition) is 3. The maximum absolute atomic E-state index is 11.4. The van der Waals surface area contributed by atoms with Crippen LogP contribution < -0.4 is 10.6 Å². The number of fused-ring (bicyclic) bond motifs is 1. The van der Waals surface area contributed by atoms with E-state index in [9.17, 15) is 9.59 Å². The van der Waals surface area contributed by atoms with E-state index in [2.05, 4.69) is 16.7 Å². The lowest BCUT2D eigenvalue weighted by Crippen LogP contribution is -2.12. The third-order valence-corrected chi connectivity index (χ3v) is 2.61. The number of hydrogen-bond donors (Lipinski definition) is 2. The summed E-state index contributed by atoms with van der Waals surface area (Å²) < 4.78 is 0. The highest BCUT2D eigenvalue weighted by molar-refractivity contribution is 6.51. The number of anilines is 1. The molecule has 88 valence electrons. The van der Waals surface area contributed by atoms with Crippen molar-refractivity contribution in [1.82, 2.24) is 5.32 Å². The molecule has 4 heteroatoms. The molecule has 1 aliphatic rings. The molecule has 1 aromatic carbocycles. The number of carbonyl (C=O) groups is 2. The van der Waals surface area contributed by atoms with Crippen LogP contribution in [0.1, 0.15) is 22.3 Å². The Kier molecular flexibility index (Phi) is 3.35. The molecule has 0 saturated carbocycles. The van der Waals surface area contributed by atoms with Crippen molar-refractivity contribution in [1.29, 1.82) is 0 Å². The Balaban J connectivity index is 2.13. The van der Waals surface area contributed by atoms with E-state index < -0.39 is 11.7 Å². The van der Waals surface area contributed by atoms with Crippen LogP contribution in [-0.4, -0.2) is 25.3 Å². The van der Waals surface area contributed by atoms with Crippen molar-refractivity contribution in [3.05, 3.63) is 35.4 Å². The van der Waals surface area contributed by atoms with E-state index in [1.807, 2.05) is 25.3 Å². The minimum absolute atomic E-state index is 0.453. The normalized spacial score (nSPS) is 14.2. The van der Waals surface area contributed by atoms with Gasteiger partial charge in [-0.05, 0) is 37.7 Å². The van der Waals surface area contributed by atoms with Crippen LogP contribution in [0.15, 0.2) is 24.3 Å². The first kappa shape index (κ1) is 11.5. The average Bonchev–Trinajstić information content (AvgIpc) is 2.61. The van der Waals surface area contributed by atoms with Crippen LogP contribution in [0.2, 0.25) is 0 Å². The standard InChI is InChI=1S/C13H14N2O2/c1-14-7-3-2-4-9-5-6-10-11(8-9)15-13(17)12(10)16/h2,4-6,8,14H,3,7H2,1H3,(H,15,16,17). The first-order valence-corrected chi connectivity index (χ1v) is 5.53. The fourth-order valence-electron chi connectivity index (χ4n) is 1.72. The number of carbonyl (C=O) groups excluding carboxylic acids is 2. The van der Waals surface area contributed by atoms with E-state index in [1.165, 1.54) is 0 Å². The Labute approximate surface area is 99.7 Å². The lowest BCUT2D eigenvalue weighted by atomic mass is 10.1. The van der Waals surface area contributed by atoms with Crippen LogP contribution in [0.25, 0.3) is 6.08 Å². The van der Waals surface area contributed by atoms with Gasteiger partial charge in [-0.25, -0.2) is 0 Å². The SMILES string of the molecule is CNCCC=Cc1ccc2c(c1)NC(=O)C2=O. The monoisotopic (exact) mass is 230 g/mol. The first-order valence-electron chi connectivity index (χ1n) is 5.53. The van der Waals surface area contributed by atoms with Crippen molar-refractivity contribution in [2.45, 2.75) is 6.42 Å². The Morgan fingerprint density at radius 3 is 2.94 bits per heavy atom. The molecular weight excluding hydrogens is 216 g/mol. The minimum Gasteiger partial charge on any atom is -0.319 e. The van der Waals surface area contributed by atoms with Gasteiger partial charge >= 0.3 is 0 Å². The summed E-state index contributed by atoms with van der Waals surface area (Å²) in [4.78, 5) is 22.5. The van der Waals surface area contributed by atoms with Gasteiger partial charge < -0.3 is 10.6 Å².